The summed E-state index contributed by atoms with van der Waals surface area (Å²) in [5, 5.41) is 9.47. The van der Waals surface area contributed by atoms with Gasteiger partial charge in [0.1, 0.15) is 5.82 Å². The van der Waals surface area contributed by atoms with E-state index >= 15 is 0 Å². The summed E-state index contributed by atoms with van der Waals surface area (Å²) in [4.78, 5) is 2.30. The molecular weight excluding hydrogens is 261 g/mol. The van der Waals surface area contributed by atoms with Crippen molar-refractivity contribution in [3.63, 3.8) is 0 Å². The Labute approximate surface area is 120 Å². The molecule has 0 saturated carbocycles. The van der Waals surface area contributed by atoms with Gasteiger partial charge in [0.2, 0.25) is 0 Å². The third kappa shape index (κ3) is 5.93. The molecule has 0 aromatic heterocycles. The molecule has 0 spiro atoms. The number of benzene rings is 1. The maximum atomic E-state index is 12.9. The van der Waals surface area contributed by atoms with Gasteiger partial charge in [0.05, 0.1) is 6.61 Å². The Balaban J connectivity index is 2.63. The molecule has 19 heavy (non-hydrogen) atoms. The quantitative estimate of drug-likeness (QED) is 0.705. The second-order valence-corrected chi connectivity index (χ2v) is 5.67. The molecule has 0 amide bonds. The van der Waals surface area contributed by atoms with Crippen molar-refractivity contribution in [2.45, 2.75) is 32.4 Å². The van der Waals surface area contributed by atoms with Gasteiger partial charge >= 0.3 is 0 Å². The van der Waals surface area contributed by atoms with Crippen molar-refractivity contribution in [1.82, 2.24) is 4.90 Å². The molecule has 2 nitrogen and oxygen atoms in total. The lowest BCUT2D eigenvalue weighted by molar-refractivity contribution is 0.113. The van der Waals surface area contributed by atoms with Gasteiger partial charge in [0.25, 0.3) is 0 Å². The molecular formula is C15H24FNOS. The highest BCUT2D eigenvalue weighted by Gasteiger charge is 2.15. The van der Waals surface area contributed by atoms with E-state index in [0.29, 0.717) is 0 Å². The zero-order chi connectivity index (χ0) is 14.1. The number of aliphatic hydroxyl groups is 1. The average molecular weight is 285 g/mol. The van der Waals surface area contributed by atoms with Crippen LogP contribution in [0.2, 0.25) is 0 Å². The second kappa shape index (κ2) is 9.34. The topological polar surface area (TPSA) is 23.5 Å². The minimum Gasteiger partial charge on any atom is -0.395 e. The van der Waals surface area contributed by atoms with Crippen molar-refractivity contribution in [3.05, 3.63) is 35.6 Å². The summed E-state index contributed by atoms with van der Waals surface area (Å²) in [7, 11) is 0. The molecule has 1 N–H and O–H groups in total. The zero-order valence-corrected chi connectivity index (χ0v) is 12.6. The summed E-state index contributed by atoms with van der Waals surface area (Å²) in [6, 6.07) is 6.82. The van der Waals surface area contributed by atoms with Crippen LogP contribution in [0.3, 0.4) is 0 Å². The third-order valence-corrected chi connectivity index (χ3v) is 3.99. The van der Waals surface area contributed by atoms with Crippen LogP contribution in [0.5, 0.6) is 0 Å². The van der Waals surface area contributed by atoms with Crippen molar-refractivity contribution in [2.24, 2.45) is 0 Å². The van der Waals surface area contributed by atoms with E-state index in [-0.39, 0.29) is 18.5 Å². The lowest BCUT2D eigenvalue weighted by Crippen LogP contribution is -2.38. The lowest BCUT2D eigenvalue weighted by atomic mass is 10.1. The van der Waals surface area contributed by atoms with Crippen LogP contribution in [0.15, 0.2) is 24.3 Å². The van der Waals surface area contributed by atoms with E-state index in [0.717, 1.165) is 37.2 Å². The van der Waals surface area contributed by atoms with E-state index in [9.17, 15) is 9.50 Å². The van der Waals surface area contributed by atoms with Crippen LogP contribution in [0.1, 0.15) is 25.3 Å². The maximum absolute atomic E-state index is 12.9. The van der Waals surface area contributed by atoms with Crippen molar-refractivity contribution in [2.75, 3.05) is 25.2 Å². The van der Waals surface area contributed by atoms with E-state index in [1.165, 1.54) is 12.1 Å². The number of hydrogen-bond donors (Lipinski definition) is 1. The van der Waals surface area contributed by atoms with Gasteiger partial charge in [-0.25, -0.2) is 4.39 Å². The first-order valence-corrected chi connectivity index (χ1v) is 8.19. The summed E-state index contributed by atoms with van der Waals surface area (Å²) < 4.78 is 12.9. The van der Waals surface area contributed by atoms with Gasteiger partial charge in [-0.1, -0.05) is 19.1 Å². The Morgan fingerprint density at radius 3 is 2.53 bits per heavy atom. The van der Waals surface area contributed by atoms with Crippen molar-refractivity contribution >= 4 is 11.8 Å². The average Bonchev–Trinajstić information content (AvgIpc) is 2.42. The van der Waals surface area contributed by atoms with Crippen molar-refractivity contribution < 1.29 is 9.50 Å². The minimum atomic E-state index is -0.202. The second-order valence-electron chi connectivity index (χ2n) is 4.69. The molecule has 1 unspecified atom stereocenters. The molecule has 0 saturated heterocycles. The monoisotopic (exact) mass is 285 g/mol. The van der Waals surface area contributed by atoms with Gasteiger partial charge < -0.3 is 5.11 Å². The minimum absolute atomic E-state index is 0.178. The van der Waals surface area contributed by atoms with E-state index in [1.807, 2.05) is 23.9 Å². The van der Waals surface area contributed by atoms with Crippen LogP contribution in [0.4, 0.5) is 4.39 Å². The fraction of sp³-hybridized carbons (Fsp3) is 0.600. The predicted octanol–water partition coefficient (Wildman–Crippen LogP) is 3.15. The fourth-order valence-electron chi connectivity index (χ4n) is 2.13. The molecule has 0 radical (unpaired) electrons. The molecule has 0 bridgehead atoms. The first-order chi connectivity index (χ1) is 9.21. The normalized spacial score (nSPS) is 12.9. The van der Waals surface area contributed by atoms with Gasteiger partial charge in [0.15, 0.2) is 0 Å². The molecule has 108 valence electrons. The van der Waals surface area contributed by atoms with Gasteiger partial charge in [0, 0.05) is 12.6 Å². The van der Waals surface area contributed by atoms with Gasteiger partial charge in [-0.05, 0) is 49.1 Å². The van der Waals surface area contributed by atoms with Gasteiger partial charge in [-0.3, -0.25) is 4.90 Å². The Morgan fingerprint density at radius 1 is 1.32 bits per heavy atom. The molecule has 1 rings (SSSR count). The van der Waals surface area contributed by atoms with E-state index in [1.54, 1.807) is 0 Å². The number of rotatable bonds is 9. The summed E-state index contributed by atoms with van der Waals surface area (Å²) in [5.74, 6) is 0.925. The molecule has 0 heterocycles. The van der Waals surface area contributed by atoms with Crippen LogP contribution in [0, 0.1) is 5.82 Å². The first kappa shape index (κ1) is 16.5. The Morgan fingerprint density at radius 2 is 2.00 bits per heavy atom. The Kier molecular flexibility index (Phi) is 8.10. The van der Waals surface area contributed by atoms with Crippen LogP contribution in [-0.4, -0.2) is 41.2 Å². The molecule has 1 aromatic carbocycles. The molecule has 0 aliphatic heterocycles. The SMILES string of the molecule is CCC(CO)N(CCCSC)Cc1ccc(F)cc1. The number of halogens is 1. The highest BCUT2D eigenvalue weighted by molar-refractivity contribution is 7.98. The van der Waals surface area contributed by atoms with Crippen LogP contribution >= 0.6 is 11.8 Å². The van der Waals surface area contributed by atoms with Crippen molar-refractivity contribution in [3.8, 4) is 0 Å². The smallest absolute Gasteiger partial charge is 0.123 e. The zero-order valence-electron chi connectivity index (χ0n) is 11.8. The van der Waals surface area contributed by atoms with E-state index in [4.69, 9.17) is 0 Å². The van der Waals surface area contributed by atoms with E-state index in [2.05, 4.69) is 18.1 Å². The molecule has 0 fully saturated rings. The number of thioether (sulfide) groups is 1. The lowest BCUT2D eigenvalue weighted by Gasteiger charge is -2.29. The number of aliphatic hydroxyl groups excluding tert-OH is 1. The Hall–Kier alpha value is -0.580. The third-order valence-electron chi connectivity index (χ3n) is 3.29. The maximum Gasteiger partial charge on any atom is 0.123 e. The predicted molar refractivity (Wildman–Crippen MR) is 81.0 cm³/mol. The van der Waals surface area contributed by atoms with Crippen LogP contribution in [-0.2, 0) is 6.54 Å². The molecule has 1 atom stereocenters. The Bertz CT molecular complexity index is 341. The summed E-state index contributed by atoms with van der Waals surface area (Å²) >= 11 is 1.84. The molecule has 0 aliphatic rings. The van der Waals surface area contributed by atoms with Crippen molar-refractivity contribution in [1.29, 1.82) is 0 Å². The summed E-state index contributed by atoms with van der Waals surface area (Å²) in [6.07, 6.45) is 4.14. The molecule has 0 aliphatic carbocycles. The molecule has 4 heteroatoms. The number of nitrogens with zero attached hydrogens (tertiary/aromatic N) is 1. The van der Waals surface area contributed by atoms with Crippen LogP contribution in [0.25, 0.3) is 0 Å². The number of hydrogen-bond acceptors (Lipinski definition) is 3. The standard InChI is InChI=1S/C15H24FNOS/c1-3-15(12-18)17(9-4-10-19-2)11-13-5-7-14(16)8-6-13/h5-8,15,18H,3-4,9-12H2,1-2H3. The summed E-state index contributed by atoms with van der Waals surface area (Å²) in [5.41, 5.74) is 1.09. The summed E-state index contributed by atoms with van der Waals surface area (Å²) in [6.45, 7) is 4.01. The van der Waals surface area contributed by atoms with Gasteiger partial charge in [-0.15, -0.1) is 0 Å². The first-order valence-electron chi connectivity index (χ1n) is 6.79. The molecule has 1 aromatic rings. The fourth-order valence-corrected chi connectivity index (χ4v) is 2.55. The highest BCUT2D eigenvalue weighted by atomic mass is 32.2. The van der Waals surface area contributed by atoms with Gasteiger partial charge in [-0.2, -0.15) is 11.8 Å². The highest BCUT2D eigenvalue weighted by Crippen LogP contribution is 2.13. The van der Waals surface area contributed by atoms with E-state index < -0.39 is 0 Å². The van der Waals surface area contributed by atoms with Crippen LogP contribution < -0.4 is 0 Å². The largest absolute Gasteiger partial charge is 0.395 e.